The highest BCUT2D eigenvalue weighted by molar-refractivity contribution is 6.20. The van der Waals surface area contributed by atoms with Gasteiger partial charge >= 0.3 is 0 Å². The Kier molecular flexibility index (Phi) is 6.38. The number of nitrogens with zero attached hydrogens (tertiary/aromatic N) is 5. The van der Waals surface area contributed by atoms with Crippen molar-refractivity contribution in [2.75, 3.05) is 0 Å². The number of rotatable bonds is 4. The Bertz CT molecular complexity index is 3540. The van der Waals surface area contributed by atoms with Crippen molar-refractivity contribution in [1.29, 1.82) is 0 Å². The molecular formula is C53H33N5. The molecule has 5 nitrogen and oxygen atoms in total. The Morgan fingerprint density at radius 2 is 0.621 bits per heavy atom. The lowest BCUT2D eigenvalue weighted by atomic mass is 10.1. The van der Waals surface area contributed by atoms with Gasteiger partial charge in [0.1, 0.15) is 0 Å². The molecule has 0 unspecified atom stereocenters. The summed E-state index contributed by atoms with van der Waals surface area (Å²) in [5.74, 6) is 0. The van der Waals surface area contributed by atoms with Gasteiger partial charge in [-0.3, -0.25) is 4.98 Å². The summed E-state index contributed by atoms with van der Waals surface area (Å²) in [7, 11) is 0. The third-order valence-electron chi connectivity index (χ3n) is 12.2. The predicted octanol–water partition coefficient (Wildman–Crippen LogP) is 13.5. The van der Waals surface area contributed by atoms with Crippen molar-refractivity contribution in [2.45, 2.75) is 0 Å². The Labute approximate surface area is 332 Å². The lowest BCUT2D eigenvalue weighted by Gasteiger charge is -2.12. The van der Waals surface area contributed by atoms with Crippen LogP contribution in [-0.2, 0) is 0 Å². The molecule has 0 saturated heterocycles. The molecule has 0 fully saturated rings. The second kappa shape index (κ2) is 11.8. The van der Waals surface area contributed by atoms with Crippen LogP contribution in [0.1, 0.15) is 0 Å². The number of aromatic nitrogens is 5. The van der Waals surface area contributed by atoms with Crippen molar-refractivity contribution in [2.24, 2.45) is 0 Å². The van der Waals surface area contributed by atoms with Gasteiger partial charge in [-0.25, -0.2) is 0 Å². The fourth-order valence-corrected chi connectivity index (χ4v) is 9.79. The van der Waals surface area contributed by atoms with Gasteiger partial charge in [0, 0.05) is 78.2 Å². The topological polar surface area (TPSA) is 32.6 Å². The number of fused-ring (bicyclic) bond motifs is 12. The maximum absolute atomic E-state index is 4.58. The molecule has 0 amide bonds. The van der Waals surface area contributed by atoms with E-state index in [1.54, 1.807) is 0 Å². The number of pyridine rings is 1. The molecule has 270 valence electrons. The zero-order valence-electron chi connectivity index (χ0n) is 31.3. The maximum Gasteiger partial charge on any atom is 0.0571 e. The van der Waals surface area contributed by atoms with E-state index < -0.39 is 0 Å². The van der Waals surface area contributed by atoms with Crippen LogP contribution in [-0.4, -0.2) is 23.3 Å². The van der Waals surface area contributed by atoms with Crippen LogP contribution in [0.15, 0.2) is 200 Å². The first-order valence-corrected chi connectivity index (χ1v) is 19.8. The van der Waals surface area contributed by atoms with E-state index in [2.05, 4.69) is 211 Å². The highest BCUT2D eigenvalue weighted by Crippen LogP contribution is 2.42. The molecule has 0 spiro atoms. The van der Waals surface area contributed by atoms with Crippen LogP contribution in [0.2, 0.25) is 0 Å². The first-order chi connectivity index (χ1) is 28.8. The molecule has 0 aliphatic carbocycles. The fraction of sp³-hybridized carbons (Fsp3) is 0. The average Bonchev–Trinajstić information content (AvgIpc) is 4.00. The van der Waals surface area contributed by atoms with E-state index in [1.807, 2.05) is 12.4 Å². The predicted molar refractivity (Wildman–Crippen MR) is 242 cm³/mol. The Balaban J connectivity index is 1.09. The van der Waals surface area contributed by atoms with Crippen LogP contribution in [0, 0.1) is 0 Å². The third kappa shape index (κ3) is 4.27. The second-order valence-corrected chi connectivity index (χ2v) is 15.2. The average molecular weight is 740 g/mol. The van der Waals surface area contributed by atoms with E-state index in [1.165, 1.54) is 70.8 Å². The maximum atomic E-state index is 4.58. The molecule has 58 heavy (non-hydrogen) atoms. The molecule has 13 rings (SSSR count). The molecular weight excluding hydrogens is 707 g/mol. The van der Waals surface area contributed by atoms with Crippen molar-refractivity contribution >= 4 is 87.2 Å². The monoisotopic (exact) mass is 739 g/mol. The molecule has 0 aliphatic heterocycles. The highest BCUT2D eigenvalue weighted by Gasteiger charge is 2.21. The van der Waals surface area contributed by atoms with Crippen LogP contribution in [0.3, 0.4) is 0 Å². The SMILES string of the molecule is c1ccc(-n2c3ccccc3c3cc(-n4c5ccccc5c5cc6c7ccccc7n(-c7ccc8c(c7)c7cnccc7n8-c7ccccc7)c6cc54)ccc32)cc1. The normalized spacial score (nSPS) is 12.1. The summed E-state index contributed by atoms with van der Waals surface area (Å²) in [6.07, 6.45) is 3.89. The number of para-hydroxylation sites is 5. The highest BCUT2D eigenvalue weighted by atomic mass is 15.0. The van der Waals surface area contributed by atoms with E-state index in [0.717, 1.165) is 39.2 Å². The van der Waals surface area contributed by atoms with Crippen molar-refractivity contribution < 1.29 is 0 Å². The van der Waals surface area contributed by atoms with Gasteiger partial charge in [0.2, 0.25) is 0 Å². The minimum absolute atomic E-state index is 1.12. The van der Waals surface area contributed by atoms with Gasteiger partial charge in [-0.05, 0) is 97.1 Å². The quantitative estimate of drug-likeness (QED) is 0.177. The largest absolute Gasteiger partial charge is 0.309 e. The van der Waals surface area contributed by atoms with E-state index in [-0.39, 0.29) is 0 Å². The van der Waals surface area contributed by atoms with E-state index in [9.17, 15) is 0 Å². The summed E-state index contributed by atoms with van der Waals surface area (Å²) in [6.45, 7) is 0. The summed E-state index contributed by atoms with van der Waals surface area (Å²) in [6, 6.07) is 68.5. The molecule has 0 N–H and O–H groups in total. The summed E-state index contributed by atoms with van der Waals surface area (Å²) in [5.41, 5.74) is 14.0. The van der Waals surface area contributed by atoms with Gasteiger partial charge in [0.05, 0.1) is 44.1 Å². The van der Waals surface area contributed by atoms with Crippen molar-refractivity contribution in [3.05, 3.63) is 200 Å². The lowest BCUT2D eigenvalue weighted by Crippen LogP contribution is -1.97. The minimum Gasteiger partial charge on any atom is -0.309 e. The van der Waals surface area contributed by atoms with Gasteiger partial charge in [-0.15, -0.1) is 0 Å². The Morgan fingerprint density at radius 1 is 0.241 bits per heavy atom. The molecule has 5 heteroatoms. The van der Waals surface area contributed by atoms with Gasteiger partial charge in [-0.1, -0.05) is 91.0 Å². The third-order valence-corrected chi connectivity index (χ3v) is 12.2. The van der Waals surface area contributed by atoms with Crippen LogP contribution >= 0.6 is 0 Å². The van der Waals surface area contributed by atoms with Gasteiger partial charge in [0.15, 0.2) is 0 Å². The molecule has 0 radical (unpaired) electrons. The summed E-state index contributed by atoms with van der Waals surface area (Å²) in [4.78, 5) is 4.58. The molecule has 0 atom stereocenters. The molecule has 8 aromatic carbocycles. The second-order valence-electron chi connectivity index (χ2n) is 15.2. The smallest absolute Gasteiger partial charge is 0.0571 e. The number of hydrogen-bond donors (Lipinski definition) is 0. The van der Waals surface area contributed by atoms with Gasteiger partial charge in [-0.2, -0.15) is 0 Å². The summed E-state index contributed by atoms with van der Waals surface area (Å²) in [5, 5.41) is 9.74. The summed E-state index contributed by atoms with van der Waals surface area (Å²) < 4.78 is 9.64. The zero-order chi connectivity index (χ0) is 37.9. The molecule has 13 aromatic rings. The van der Waals surface area contributed by atoms with Gasteiger partial charge < -0.3 is 18.3 Å². The van der Waals surface area contributed by atoms with Crippen LogP contribution in [0.4, 0.5) is 0 Å². The van der Waals surface area contributed by atoms with Crippen molar-refractivity contribution in [1.82, 2.24) is 23.3 Å². The van der Waals surface area contributed by atoms with E-state index in [0.29, 0.717) is 0 Å². The molecule has 0 aliphatic rings. The summed E-state index contributed by atoms with van der Waals surface area (Å²) >= 11 is 0. The Morgan fingerprint density at radius 3 is 1.12 bits per heavy atom. The zero-order valence-corrected chi connectivity index (χ0v) is 31.3. The van der Waals surface area contributed by atoms with Crippen LogP contribution in [0.5, 0.6) is 0 Å². The number of benzene rings is 8. The minimum atomic E-state index is 1.12. The molecule has 5 heterocycles. The fourth-order valence-electron chi connectivity index (χ4n) is 9.79. The molecule has 5 aromatic heterocycles. The number of hydrogen-bond acceptors (Lipinski definition) is 1. The standard InChI is InChI=1S/C53H33N5/c1-3-13-34(14-4-1)55-46-20-10-7-17-38(46)41-29-36(23-25-49(41)55)57-47-21-11-8-18-39(47)43-31-44-40-19-9-12-22-48(40)58(53(44)32-52(43)57)37-24-26-50-42(30-37)45-33-54-28-27-51(45)56(50)35-15-5-2-6-16-35/h1-33H. The van der Waals surface area contributed by atoms with Crippen molar-refractivity contribution in [3.63, 3.8) is 0 Å². The molecule has 0 saturated carbocycles. The first kappa shape index (κ1) is 31.3. The van der Waals surface area contributed by atoms with E-state index in [4.69, 9.17) is 0 Å². The van der Waals surface area contributed by atoms with Crippen LogP contribution < -0.4 is 0 Å². The Hall–Kier alpha value is -7.89. The van der Waals surface area contributed by atoms with Crippen molar-refractivity contribution in [3.8, 4) is 22.7 Å². The lowest BCUT2D eigenvalue weighted by molar-refractivity contribution is 1.16. The first-order valence-electron chi connectivity index (χ1n) is 19.8. The van der Waals surface area contributed by atoms with Gasteiger partial charge in [0.25, 0.3) is 0 Å². The van der Waals surface area contributed by atoms with Crippen LogP contribution in [0.25, 0.3) is 110 Å². The van der Waals surface area contributed by atoms with E-state index >= 15 is 0 Å². The molecule has 0 bridgehead atoms.